The van der Waals surface area contributed by atoms with Crippen molar-refractivity contribution in [3.8, 4) is 0 Å². The van der Waals surface area contributed by atoms with Gasteiger partial charge in [-0.1, -0.05) is 12.1 Å². The molecule has 0 bridgehead atoms. The lowest BCUT2D eigenvalue weighted by Crippen LogP contribution is -2.43. The molecule has 0 amide bonds. The van der Waals surface area contributed by atoms with Gasteiger partial charge in [-0.3, -0.25) is 0 Å². The third-order valence-electron chi connectivity index (χ3n) is 3.45. The fourth-order valence-corrected chi connectivity index (χ4v) is 2.65. The summed E-state index contributed by atoms with van der Waals surface area (Å²) in [5.74, 6) is -0.130. The summed E-state index contributed by atoms with van der Waals surface area (Å²) in [6, 6.07) is 5.29. The zero-order chi connectivity index (χ0) is 10.3. The molecule has 3 rings (SSSR count). The average molecular weight is 207 g/mol. The molecular formula is C12H14FNO. The summed E-state index contributed by atoms with van der Waals surface area (Å²) in [7, 11) is 0. The van der Waals surface area contributed by atoms with E-state index >= 15 is 0 Å². The molecule has 1 unspecified atom stereocenters. The number of ether oxygens (including phenoxy) is 1. The first kappa shape index (κ1) is 9.31. The van der Waals surface area contributed by atoms with Gasteiger partial charge in [-0.15, -0.1) is 0 Å². The molecule has 2 nitrogen and oxygen atoms in total. The monoisotopic (exact) mass is 207 g/mol. The number of hydrogen-bond acceptors (Lipinski definition) is 2. The Hall–Kier alpha value is -0.930. The molecule has 1 aromatic carbocycles. The van der Waals surface area contributed by atoms with Gasteiger partial charge in [0.05, 0.1) is 6.61 Å². The number of halogens is 1. The van der Waals surface area contributed by atoms with Gasteiger partial charge in [0.2, 0.25) is 0 Å². The topological polar surface area (TPSA) is 21.3 Å². The van der Waals surface area contributed by atoms with Gasteiger partial charge >= 0.3 is 0 Å². The van der Waals surface area contributed by atoms with Crippen molar-refractivity contribution in [1.29, 1.82) is 0 Å². The minimum atomic E-state index is -0.254. The van der Waals surface area contributed by atoms with Crippen molar-refractivity contribution in [3.05, 3.63) is 35.1 Å². The van der Waals surface area contributed by atoms with Crippen molar-refractivity contribution >= 4 is 0 Å². The van der Waals surface area contributed by atoms with Crippen LogP contribution in [-0.4, -0.2) is 13.1 Å². The quantitative estimate of drug-likeness (QED) is 0.702. The zero-order valence-corrected chi connectivity index (χ0v) is 8.55. The first-order chi connectivity index (χ1) is 7.32. The number of nitrogens with one attached hydrogen (secondary N) is 1. The molecule has 1 fully saturated rings. The summed E-state index contributed by atoms with van der Waals surface area (Å²) in [4.78, 5) is 0. The number of benzene rings is 1. The van der Waals surface area contributed by atoms with E-state index in [0.29, 0.717) is 6.61 Å². The maximum atomic E-state index is 13.5. The van der Waals surface area contributed by atoms with Gasteiger partial charge in [0.1, 0.15) is 11.4 Å². The van der Waals surface area contributed by atoms with Gasteiger partial charge in [0, 0.05) is 12.1 Å². The van der Waals surface area contributed by atoms with Crippen LogP contribution in [-0.2, 0) is 16.9 Å². The summed E-state index contributed by atoms with van der Waals surface area (Å²) < 4.78 is 19.4. The van der Waals surface area contributed by atoms with Crippen LogP contribution in [0.15, 0.2) is 18.2 Å². The lowest BCUT2D eigenvalue weighted by molar-refractivity contribution is -0.0538. The van der Waals surface area contributed by atoms with Crippen molar-refractivity contribution in [2.45, 2.75) is 25.0 Å². The van der Waals surface area contributed by atoms with Crippen molar-refractivity contribution < 1.29 is 9.13 Å². The van der Waals surface area contributed by atoms with Crippen LogP contribution in [0.25, 0.3) is 0 Å². The maximum Gasteiger partial charge on any atom is 0.129 e. The minimum absolute atomic E-state index is 0.130. The predicted octanol–water partition coefficient (Wildman–Crippen LogP) is 1.93. The highest BCUT2D eigenvalue weighted by atomic mass is 19.1. The lowest BCUT2D eigenvalue weighted by Gasteiger charge is -2.34. The molecule has 2 aliphatic heterocycles. The van der Waals surface area contributed by atoms with Gasteiger partial charge in [0.25, 0.3) is 0 Å². The van der Waals surface area contributed by atoms with Crippen molar-refractivity contribution in [1.82, 2.24) is 5.32 Å². The fraction of sp³-hybridized carbons (Fsp3) is 0.500. The van der Waals surface area contributed by atoms with Gasteiger partial charge in [0.15, 0.2) is 0 Å². The van der Waals surface area contributed by atoms with Gasteiger partial charge < -0.3 is 10.1 Å². The molecule has 2 heterocycles. The summed E-state index contributed by atoms with van der Waals surface area (Å²) in [5.41, 5.74) is 1.55. The van der Waals surface area contributed by atoms with Crippen LogP contribution >= 0.6 is 0 Å². The lowest BCUT2D eigenvalue weighted by atomic mass is 9.86. The molecule has 1 saturated heterocycles. The largest absolute Gasteiger partial charge is 0.364 e. The Bertz CT molecular complexity index is 385. The number of fused-ring (bicyclic) bond motifs is 2. The Kier molecular flexibility index (Phi) is 2.04. The highest BCUT2D eigenvalue weighted by Gasteiger charge is 2.41. The van der Waals surface area contributed by atoms with E-state index < -0.39 is 0 Å². The van der Waals surface area contributed by atoms with Crippen LogP contribution in [0.5, 0.6) is 0 Å². The van der Waals surface area contributed by atoms with Gasteiger partial charge in [-0.05, 0) is 31.0 Å². The van der Waals surface area contributed by atoms with Gasteiger partial charge in [-0.2, -0.15) is 0 Å². The molecule has 0 radical (unpaired) electrons. The summed E-state index contributed by atoms with van der Waals surface area (Å²) >= 11 is 0. The van der Waals surface area contributed by atoms with E-state index in [2.05, 4.69) is 5.32 Å². The highest BCUT2D eigenvalue weighted by molar-refractivity contribution is 5.37. The molecule has 1 N–H and O–H groups in total. The van der Waals surface area contributed by atoms with Crippen LogP contribution in [0.2, 0.25) is 0 Å². The predicted molar refractivity (Wildman–Crippen MR) is 55.0 cm³/mol. The van der Waals surface area contributed by atoms with Crippen LogP contribution < -0.4 is 5.32 Å². The molecular weight excluding hydrogens is 193 g/mol. The van der Waals surface area contributed by atoms with Crippen LogP contribution in [0.4, 0.5) is 4.39 Å². The van der Waals surface area contributed by atoms with Crippen LogP contribution in [0.3, 0.4) is 0 Å². The molecule has 0 aromatic heterocycles. The Morgan fingerprint density at radius 2 is 2.33 bits per heavy atom. The molecule has 0 saturated carbocycles. The van der Waals surface area contributed by atoms with E-state index in [4.69, 9.17) is 4.74 Å². The summed E-state index contributed by atoms with van der Waals surface area (Å²) in [6.07, 6.45) is 2.09. The van der Waals surface area contributed by atoms with E-state index in [1.165, 1.54) is 6.07 Å². The molecule has 1 aromatic rings. The summed E-state index contributed by atoms with van der Waals surface area (Å²) in [5, 5.41) is 3.33. The standard InChI is InChI=1S/C12H14FNO/c13-11-4-1-3-10-9(11)7-15-12(10)5-2-6-14-8-12/h1,3-4,14H,2,5-8H2. The number of piperidine rings is 1. The molecule has 3 heteroatoms. The Morgan fingerprint density at radius 1 is 1.40 bits per heavy atom. The molecule has 1 atom stereocenters. The number of rotatable bonds is 0. The van der Waals surface area contributed by atoms with E-state index in [9.17, 15) is 4.39 Å². The molecule has 0 aliphatic carbocycles. The zero-order valence-electron chi connectivity index (χ0n) is 8.55. The number of hydrogen-bond donors (Lipinski definition) is 1. The summed E-state index contributed by atoms with van der Waals surface area (Å²) in [6.45, 7) is 2.27. The molecule has 1 spiro atoms. The highest BCUT2D eigenvalue weighted by Crippen LogP contribution is 2.41. The molecule has 15 heavy (non-hydrogen) atoms. The fourth-order valence-electron chi connectivity index (χ4n) is 2.65. The SMILES string of the molecule is Fc1cccc2c1COC21CCCNC1. The van der Waals surface area contributed by atoms with Gasteiger partial charge in [-0.25, -0.2) is 4.39 Å². The average Bonchev–Trinajstić information content (AvgIpc) is 2.61. The Morgan fingerprint density at radius 3 is 3.13 bits per heavy atom. The second kappa shape index (κ2) is 3.29. The van der Waals surface area contributed by atoms with E-state index in [1.807, 2.05) is 6.07 Å². The Balaban J connectivity index is 2.06. The maximum absolute atomic E-state index is 13.5. The van der Waals surface area contributed by atoms with E-state index in [1.54, 1.807) is 6.07 Å². The second-order valence-corrected chi connectivity index (χ2v) is 4.33. The van der Waals surface area contributed by atoms with Crippen molar-refractivity contribution in [2.24, 2.45) is 0 Å². The Labute approximate surface area is 88.4 Å². The van der Waals surface area contributed by atoms with Crippen LogP contribution in [0, 0.1) is 5.82 Å². The first-order valence-electron chi connectivity index (χ1n) is 5.44. The smallest absolute Gasteiger partial charge is 0.129 e. The van der Waals surface area contributed by atoms with Crippen molar-refractivity contribution in [2.75, 3.05) is 13.1 Å². The normalized spacial score (nSPS) is 29.4. The third-order valence-corrected chi connectivity index (χ3v) is 3.45. The van der Waals surface area contributed by atoms with Crippen molar-refractivity contribution in [3.63, 3.8) is 0 Å². The van der Waals surface area contributed by atoms with Crippen LogP contribution in [0.1, 0.15) is 24.0 Å². The second-order valence-electron chi connectivity index (χ2n) is 4.33. The molecule has 2 aliphatic rings. The first-order valence-corrected chi connectivity index (χ1v) is 5.44. The van der Waals surface area contributed by atoms with E-state index in [-0.39, 0.29) is 11.4 Å². The molecule has 80 valence electrons. The van der Waals surface area contributed by atoms with E-state index in [0.717, 1.165) is 37.1 Å². The third kappa shape index (κ3) is 1.30. The minimum Gasteiger partial charge on any atom is -0.364 e.